The molecule has 1 fully saturated rings. The first-order valence-electron chi connectivity index (χ1n) is 6.46. The van der Waals surface area contributed by atoms with Gasteiger partial charge in [0.1, 0.15) is 0 Å². The molecule has 0 spiro atoms. The van der Waals surface area contributed by atoms with Crippen molar-refractivity contribution < 1.29 is 9.53 Å². The Balaban J connectivity index is 2.20. The van der Waals surface area contributed by atoms with E-state index in [1.54, 1.807) is 4.57 Å². The number of fused-ring (bicyclic) bond motifs is 1. The quantitative estimate of drug-likeness (QED) is 0.625. The molecule has 106 valence electrons. The van der Waals surface area contributed by atoms with Crippen LogP contribution in [0.15, 0.2) is 0 Å². The predicted molar refractivity (Wildman–Crippen MR) is 74.4 cm³/mol. The molecule has 20 heavy (non-hydrogen) atoms. The lowest BCUT2D eigenvalue weighted by molar-refractivity contribution is 0.111. The van der Waals surface area contributed by atoms with E-state index in [0.29, 0.717) is 42.6 Å². The highest BCUT2D eigenvalue weighted by Crippen LogP contribution is 2.26. The maximum Gasteiger partial charge on any atom is 0.226 e. The van der Waals surface area contributed by atoms with Crippen LogP contribution in [0.1, 0.15) is 17.5 Å². The minimum Gasteiger partial charge on any atom is -0.378 e. The molecule has 0 amide bonds. The third kappa shape index (κ3) is 2.12. The Kier molecular flexibility index (Phi) is 3.54. The van der Waals surface area contributed by atoms with Crippen molar-refractivity contribution in [3.8, 4) is 0 Å². The first-order valence-corrected chi connectivity index (χ1v) is 6.84. The Hall–Kier alpha value is -1.73. The number of rotatable bonds is 3. The lowest BCUT2D eigenvalue weighted by Crippen LogP contribution is -2.37. The number of aldehydes is 1. The topological polar surface area (TPSA) is 73.1 Å². The third-order valence-electron chi connectivity index (χ3n) is 3.31. The average molecular weight is 296 g/mol. The van der Waals surface area contributed by atoms with Gasteiger partial charge in [-0.3, -0.25) is 4.79 Å². The van der Waals surface area contributed by atoms with Crippen LogP contribution in [0.3, 0.4) is 0 Å². The van der Waals surface area contributed by atoms with Gasteiger partial charge in [0.05, 0.1) is 13.2 Å². The van der Waals surface area contributed by atoms with Gasteiger partial charge in [-0.2, -0.15) is 9.97 Å². The number of halogens is 1. The highest BCUT2D eigenvalue weighted by molar-refractivity contribution is 6.28. The highest BCUT2D eigenvalue weighted by Gasteiger charge is 2.21. The SMILES string of the molecule is CCn1c(C=O)nc2c(N3CCOCC3)nc(Cl)nc21. The molecule has 0 radical (unpaired) electrons. The summed E-state index contributed by atoms with van der Waals surface area (Å²) in [7, 11) is 0. The number of ether oxygens (including phenoxy) is 1. The van der Waals surface area contributed by atoms with Crippen LogP contribution in [0.25, 0.3) is 11.2 Å². The molecule has 2 aromatic heterocycles. The Labute approximate surface area is 120 Å². The van der Waals surface area contributed by atoms with Crippen LogP contribution in [0.4, 0.5) is 5.82 Å². The van der Waals surface area contributed by atoms with Crippen molar-refractivity contribution in [2.24, 2.45) is 0 Å². The molecule has 0 atom stereocenters. The molecule has 3 rings (SSSR count). The second-order valence-corrected chi connectivity index (χ2v) is 4.76. The van der Waals surface area contributed by atoms with Gasteiger partial charge in [-0.15, -0.1) is 0 Å². The van der Waals surface area contributed by atoms with Gasteiger partial charge >= 0.3 is 0 Å². The molecule has 2 aromatic rings. The Morgan fingerprint density at radius 2 is 2.05 bits per heavy atom. The second-order valence-electron chi connectivity index (χ2n) is 4.42. The molecule has 1 aliphatic heterocycles. The third-order valence-corrected chi connectivity index (χ3v) is 3.48. The molecule has 0 unspecified atom stereocenters. The van der Waals surface area contributed by atoms with E-state index >= 15 is 0 Å². The van der Waals surface area contributed by atoms with Crippen LogP contribution in [-0.4, -0.2) is 52.1 Å². The first kappa shape index (κ1) is 13.3. The standard InChI is InChI=1S/C12H14ClN5O2/c1-2-18-8(7-19)14-9-10(15-12(13)16-11(9)18)17-3-5-20-6-4-17/h7H,2-6H2,1H3. The number of imidazole rings is 1. The van der Waals surface area contributed by atoms with Crippen molar-refractivity contribution >= 4 is 34.9 Å². The maximum atomic E-state index is 11.1. The van der Waals surface area contributed by atoms with E-state index < -0.39 is 0 Å². The number of carbonyl (C=O) groups excluding carboxylic acids is 1. The lowest BCUT2D eigenvalue weighted by atomic mass is 10.4. The number of aromatic nitrogens is 4. The van der Waals surface area contributed by atoms with Gasteiger partial charge in [0.25, 0.3) is 0 Å². The number of morpholine rings is 1. The van der Waals surface area contributed by atoms with Gasteiger partial charge in [0.15, 0.2) is 29.1 Å². The minimum absolute atomic E-state index is 0.158. The van der Waals surface area contributed by atoms with Gasteiger partial charge in [0, 0.05) is 19.6 Å². The number of aryl methyl sites for hydroxylation is 1. The Morgan fingerprint density at radius 3 is 2.70 bits per heavy atom. The molecule has 0 N–H and O–H groups in total. The summed E-state index contributed by atoms with van der Waals surface area (Å²) in [6.45, 7) is 5.24. The number of carbonyl (C=O) groups is 1. The van der Waals surface area contributed by atoms with Gasteiger partial charge in [-0.05, 0) is 18.5 Å². The minimum atomic E-state index is 0.158. The van der Waals surface area contributed by atoms with Crippen LogP contribution in [0.5, 0.6) is 0 Å². The van der Waals surface area contributed by atoms with Gasteiger partial charge < -0.3 is 14.2 Å². The van der Waals surface area contributed by atoms with Crippen LogP contribution in [0.2, 0.25) is 5.28 Å². The number of nitrogens with zero attached hydrogens (tertiary/aromatic N) is 5. The summed E-state index contributed by atoms with van der Waals surface area (Å²) in [5.74, 6) is 1.01. The van der Waals surface area contributed by atoms with Crippen molar-refractivity contribution in [2.75, 3.05) is 31.2 Å². The Bertz CT molecular complexity index is 651. The fourth-order valence-corrected chi connectivity index (χ4v) is 2.53. The zero-order valence-corrected chi connectivity index (χ0v) is 11.8. The van der Waals surface area contributed by atoms with Crippen LogP contribution in [-0.2, 0) is 11.3 Å². The second kappa shape index (κ2) is 5.34. The van der Waals surface area contributed by atoms with Crippen molar-refractivity contribution in [3.63, 3.8) is 0 Å². The van der Waals surface area contributed by atoms with Gasteiger partial charge in [0.2, 0.25) is 5.28 Å². The summed E-state index contributed by atoms with van der Waals surface area (Å²) in [5.41, 5.74) is 1.20. The summed E-state index contributed by atoms with van der Waals surface area (Å²) >= 11 is 6.01. The van der Waals surface area contributed by atoms with E-state index in [9.17, 15) is 4.79 Å². The molecule has 8 heteroatoms. The van der Waals surface area contributed by atoms with Crippen LogP contribution >= 0.6 is 11.6 Å². The molecule has 0 aliphatic carbocycles. The summed E-state index contributed by atoms with van der Waals surface area (Å²) in [6, 6.07) is 0. The van der Waals surface area contributed by atoms with Crippen molar-refractivity contribution in [2.45, 2.75) is 13.5 Å². The monoisotopic (exact) mass is 295 g/mol. The number of hydrogen-bond donors (Lipinski definition) is 0. The molecule has 1 aliphatic rings. The fraction of sp³-hybridized carbons (Fsp3) is 0.500. The summed E-state index contributed by atoms with van der Waals surface area (Å²) in [5, 5.41) is 0.158. The molecule has 0 aromatic carbocycles. The smallest absolute Gasteiger partial charge is 0.226 e. The summed E-state index contributed by atoms with van der Waals surface area (Å²) in [6.07, 6.45) is 0.724. The number of hydrogen-bond acceptors (Lipinski definition) is 6. The molecule has 0 saturated carbocycles. The van der Waals surface area contributed by atoms with E-state index in [2.05, 4.69) is 19.9 Å². The van der Waals surface area contributed by atoms with E-state index in [0.717, 1.165) is 19.4 Å². The zero-order chi connectivity index (χ0) is 14.1. The molecular weight excluding hydrogens is 282 g/mol. The van der Waals surface area contributed by atoms with E-state index in [-0.39, 0.29) is 5.28 Å². The van der Waals surface area contributed by atoms with Crippen molar-refractivity contribution in [1.29, 1.82) is 0 Å². The lowest BCUT2D eigenvalue weighted by Gasteiger charge is -2.27. The molecule has 7 nitrogen and oxygen atoms in total. The number of anilines is 1. The molecular formula is C12H14ClN5O2. The summed E-state index contributed by atoms with van der Waals surface area (Å²) in [4.78, 5) is 26.0. The highest BCUT2D eigenvalue weighted by atomic mass is 35.5. The molecule has 3 heterocycles. The normalized spacial score (nSPS) is 15.8. The predicted octanol–water partition coefficient (Wildman–Crippen LogP) is 1.15. The Morgan fingerprint density at radius 1 is 1.30 bits per heavy atom. The van der Waals surface area contributed by atoms with Crippen LogP contribution < -0.4 is 4.90 Å². The zero-order valence-electron chi connectivity index (χ0n) is 11.0. The largest absolute Gasteiger partial charge is 0.378 e. The van der Waals surface area contributed by atoms with Crippen LogP contribution in [0, 0.1) is 0 Å². The van der Waals surface area contributed by atoms with Crippen molar-refractivity contribution in [3.05, 3.63) is 11.1 Å². The maximum absolute atomic E-state index is 11.1. The average Bonchev–Trinajstić information content (AvgIpc) is 2.84. The van der Waals surface area contributed by atoms with E-state index in [4.69, 9.17) is 16.3 Å². The summed E-state index contributed by atoms with van der Waals surface area (Å²) < 4.78 is 7.07. The fourth-order valence-electron chi connectivity index (χ4n) is 2.37. The van der Waals surface area contributed by atoms with E-state index in [1.807, 2.05) is 6.92 Å². The van der Waals surface area contributed by atoms with Crippen molar-refractivity contribution in [1.82, 2.24) is 19.5 Å². The molecule has 0 bridgehead atoms. The molecule has 1 saturated heterocycles. The van der Waals surface area contributed by atoms with E-state index in [1.165, 1.54) is 0 Å². The first-order chi connectivity index (χ1) is 9.74. The van der Waals surface area contributed by atoms with Gasteiger partial charge in [-0.1, -0.05) is 0 Å². The van der Waals surface area contributed by atoms with Gasteiger partial charge in [-0.25, -0.2) is 4.98 Å².